The molecule has 104 valence electrons. The maximum atomic E-state index is 12.5. The van der Waals surface area contributed by atoms with E-state index >= 15 is 0 Å². The number of imidazole rings is 1. The van der Waals surface area contributed by atoms with Crippen LogP contribution in [0, 0.1) is 11.3 Å². The van der Waals surface area contributed by atoms with E-state index in [9.17, 15) is 13.2 Å². The zero-order valence-corrected chi connectivity index (χ0v) is 10.4. The minimum Gasteiger partial charge on any atom is -0.382 e. The fraction of sp³-hybridized carbons (Fsp3) is 0.231. The maximum absolute atomic E-state index is 12.5. The molecule has 0 fully saturated rings. The summed E-state index contributed by atoms with van der Waals surface area (Å²) in [5, 5.41) is 11.9. The Bertz CT molecular complexity index is 612. The largest absolute Gasteiger partial charge is 0.416 e. The Hall–Kier alpha value is -2.49. The molecule has 1 aromatic carbocycles. The fourth-order valence-corrected chi connectivity index (χ4v) is 1.71. The second-order valence-electron chi connectivity index (χ2n) is 4.10. The first-order valence-corrected chi connectivity index (χ1v) is 5.81. The topological polar surface area (TPSA) is 53.6 Å². The number of nitrogens with one attached hydrogen (secondary N) is 1. The summed E-state index contributed by atoms with van der Waals surface area (Å²) in [6, 6.07) is 4.85. The van der Waals surface area contributed by atoms with E-state index < -0.39 is 11.7 Å². The monoisotopic (exact) mass is 280 g/mol. The minimum absolute atomic E-state index is 0.0227. The van der Waals surface area contributed by atoms with Crippen LogP contribution in [0.5, 0.6) is 0 Å². The van der Waals surface area contributed by atoms with Crippen molar-refractivity contribution in [1.29, 1.82) is 5.26 Å². The van der Waals surface area contributed by atoms with Crippen LogP contribution in [0.4, 0.5) is 18.9 Å². The van der Waals surface area contributed by atoms with Crippen LogP contribution >= 0.6 is 0 Å². The number of anilines is 1. The van der Waals surface area contributed by atoms with Gasteiger partial charge < -0.3 is 9.88 Å². The quantitative estimate of drug-likeness (QED) is 0.937. The van der Waals surface area contributed by atoms with Crippen molar-refractivity contribution >= 4 is 5.69 Å². The van der Waals surface area contributed by atoms with Gasteiger partial charge >= 0.3 is 6.18 Å². The Morgan fingerprint density at radius 1 is 1.35 bits per heavy atom. The molecule has 0 unspecified atom stereocenters. The molecule has 0 atom stereocenters. The standard InChI is InChI=1S/C13H11F3N4/c14-13(15,16)11-1-2-12(10(7-11)8-17)19-4-6-20-5-3-18-9-20/h1-3,5,7,9,19H,4,6H2. The number of hydrogen-bond acceptors (Lipinski definition) is 3. The third kappa shape index (κ3) is 3.29. The van der Waals surface area contributed by atoms with Gasteiger partial charge in [-0.2, -0.15) is 18.4 Å². The van der Waals surface area contributed by atoms with E-state index in [2.05, 4.69) is 10.3 Å². The van der Waals surface area contributed by atoms with Gasteiger partial charge in [-0.1, -0.05) is 0 Å². The van der Waals surface area contributed by atoms with Crippen molar-refractivity contribution in [2.45, 2.75) is 12.7 Å². The van der Waals surface area contributed by atoms with E-state index in [1.165, 1.54) is 6.07 Å². The molecule has 20 heavy (non-hydrogen) atoms. The molecule has 0 aliphatic heterocycles. The van der Waals surface area contributed by atoms with Crippen molar-refractivity contribution in [2.75, 3.05) is 11.9 Å². The van der Waals surface area contributed by atoms with Gasteiger partial charge in [-0.05, 0) is 18.2 Å². The molecule has 0 spiro atoms. The molecule has 7 heteroatoms. The number of nitrogens with zero attached hydrogens (tertiary/aromatic N) is 3. The fourth-order valence-electron chi connectivity index (χ4n) is 1.71. The predicted octanol–water partition coefficient (Wildman–Crippen LogP) is 2.89. The lowest BCUT2D eigenvalue weighted by Gasteiger charge is -2.11. The highest BCUT2D eigenvalue weighted by atomic mass is 19.4. The molecule has 2 rings (SSSR count). The first-order chi connectivity index (χ1) is 9.50. The molecule has 0 amide bonds. The number of benzene rings is 1. The predicted molar refractivity (Wildman–Crippen MR) is 66.9 cm³/mol. The Labute approximate surface area is 113 Å². The molecule has 1 heterocycles. The van der Waals surface area contributed by atoms with Crippen LogP contribution in [0.2, 0.25) is 0 Å². The number of aromatic nitrogens is 2. The molecule has 2 aromatic rings. The normalized spacial score (nSPS) is 11.1. The lowest BCUT2D eigenvalue weighted by molar-refractivity contribution is -0.137. The van der Waals surface area contributed by atoms with Crippen molar-refractivity contribution in [3.05, 3.63) is 48.0 Å². The van der Waals surface area contributed by atoms with E-state index in [0.717, 1.165) is 12.1 Å². The summed E-state index contributed by atoms with van der Waals surface area (Å²) in [5.74, 6) is 0. The van der Waals surface area contributed by atoms with E-state index in [1.54, 1.807) is 24.8 Å². The number of hydrogen-bond donors (Lipinski definition) is 1. The molecule has 0 aliphatic rings. The Kier molecular flexibility index (Phi) is 3.94. The van der Waals surface area contributed by atoms with Gasteiger partial charge in [0.15, 0.2) is 0 Å². The number of nitriles is 1. The molecule has 0 aliphatic carbocycles. The average molecular weight is 280 g/mol. The van der Waals surface area contributed by atoms with E-state index in [1.807, 2.05) is 4.57 Å². The Morgan fingerprint density at radius 2 is 2.15 bits per heavy atom. The van der Waals surface area contributed by atoms with Crippen LogP contribution in [0.3, 0.4) is 0 Å². The second-order valence-corrected chi connectivity index (χ2v) is 4.10. The first-order valence-electron chi connectivity index (χ1n) is 5.81. The molecule has 4 nitrogen and oxygen atoms in total. The van der Waals surface area contributed by atoms with E-state index in [4.69, 9.17) is 5.26 Å². The zero-order chi connectivity index (χ0) is 14.6. The summed E-state index contributed by atoms with van der Waals surface area (Å²) in [7, 11) is 0. The van der Waals surface area contributed by atoms with Crippen molar-refractivity contribution in [1.82, 2.24) is 9.55 Å². The van der Waals surface area contributed by atoms with Crippen LogP contribution in [-0.2, 0) is 12.7 Å². The van der Waals surface area contributed by atoms with Crippen molar-refractivity contribution in [3.63, 3.8) is 0 Å². The lowest BCUT2D eigenvalue weighted by atomic mass is 10.1. The molecule has 0 bridgehead atoms. The van der Waals surface area contributed by atoms with E-state index in [0.29, 0.717) is 18.8 Å². The molecule has 0 saturated carbocycles. The third-order valence-corrected chi connectivity index (χ3v) is 2.71. The van der Waals surface area contributed by atoms with Crippen LogP contribution in [0.1, 0.15) is 11.1 Å². The first kappa shape index (κ1) is 13.9. The molecular formula is C13H11F3N4. The number of alkyl halides is 3. The highest BCUT2D eigenvalue weighted by Crippen LogP contribution is 2.31. The zero-order valence-electron chi connectivity index (χ0n) is 10.4. The summed E-state index contributed by atoms with van der Waals surface area (Å²) in [6.45, 7) is 1.09. The third-order valence-electron chi connectivity index (χ3n) is 2.71. The summed E-state index contributed by atoms with van der Waals surface area (Å²) < 4.78 is 39.4. The molecular weight excluding hydrogens is 269 g/mol. The Morgan fingerprint density at radius 3 is 2.75 bits per heavy atom. The summed E-state index contributed by atoms with van der Waals surface area (Å²) in [5.41, 5.74) is -0.458. The molecule has 0 radical (unpaired) electrons. The molecule has 1 N–H and O–H groups in total. The highest BCUT2D eigenvalue weighted by Gasteiger charge is 2.30. The number of rotatable bonds is 4. The summed E-state index contributed by atoms with van der Waals surface area (Å²) >= 11 is 0. The Balaban J connectivity index is 2.06. The number of halogens is 3. The van der Waals surface area contributed by atoms with Crippen molar-refractivity contribution in [3.8, 4) is 6.07 Å². The van der Waals surface area contributed by atoms with E-state index in [-0.39, 0.29) is 5.56 Å². The van der Waals surface area contributed by atoms with Crippen LogP contribution < -0.4 is 5.32 Å². The van der Waals surface area contributed by atoms with Gasteiger partial charge in [0.25, 0.3) is 0 Å². The SMILES string of the molecule is N#Cc1cc(C(F)(F)F)ccc1NCCn1ccnc1. The summed E-state index contributed by atoms with van der Waals surface area (Å²) in [4.78, 5) is 3.88. The van der Waals surface area contributed by atoms with Gasteiger partial charge in [0.1, 0.15) is 6.07 Å². The highest BCUT2D eigenvalue weighted by molar-refractivity contribution is 5.58. The maximum Gasteiger partial charge on any atom is 0.416 e. The average Bonchev–Trinajstić information content (AvgIpc) is 2.91. The lowest BCUT2D eigenvalue weighted by Crippen LogP contribution is -2.11. The van der Waals surface area contributed by atoms with Crippen LogP contribution in [-0.4, -0.2) is 16.1 Å². The summed E-state index contributed by atoms with van der Waals surface area (Å²) in [6.07, 6.45) is 0.610. The van der Waals surface area contributed by atoms with Gasteiger partial charge in [0.2, 0.25) is 0 Å². The van der Waals surface area contributed by atoms with Gasteiger partial charge in [0.05, 0.1) is 23.1 Å². The van der Waals surface area contributed by atoms with Crippen molar-refractivity contribution < 1.29 is 13.2 Å². The minimum atomic E-state index is -4.44. The van der Waals surface area contributed by atoms with Gasteiger partial charge in [-0.25, -0.2) is 4.98 Å². The van der Waals surface area contributed by atoms with Crippen molar-refractivity contribution in [2.24, 2.45) is 0 Å². The molecule has 1 aromatic heterocycles. The van der Waals surface area contributed by atoms with Gasteiger partial charge in [-0.15, -0.1) is 0 Å². The van der Waals surface area contributed by atoms with Gasteiger partial charge in [-0.3, -0.25) is 0 Å². The molecule has 0 saturated heterocycles. The van der Waals surface area contributed by atoms with Crippen LogP contribution in [0.25, 0.3) is 0 Å². The van der Waals surface area contributed by atoms with Gasteiger partial charge in [0, 0.05) is 25.5 Å². The smallest absolute Gasteiger partial charge is 0.382 e. The second kappa shape index (κ2) is 5.65. The van der Waals surface area contributed by atoms with Crippen LogP contribution in [0.15, 0.2) is 36.9 Å².